The maximum atomic E-state index is 12.3. The summed E-state index contributed by atoms with van der Waals surface area (Å²) in [4.78, 5) is 24.7. The maximum Gasteiger partial charge on any atom is 0.407 e. The Morgan fingerprint density at radius 1 is 0.707 bits per heavy atom. The fourth-order valence-electron chi connectivity index (χ4n) is 3.55. The highest BCUT2D eigenvalue weighted by Gasteiger charge is 2.37. The largest absolute Gasteiger partial charge is 0.444 e. The number of carbonyl (C=O) groups is 2. The summed E-state index contributed by atoms with van der Waals surface area (Å²) in [6, 6.07) is 10.1. The molecule has 10 heteroatoms. The summed E-state index contributed by atoms with van der Waals surface area (Å²) < 4.78 is 19.1. The Bertz CT molecular complexity index is 1170. The first kappa shape index (κ1) is 35.3. The van der Waals surface area contributed by atoms with E-state index in [1.165, 1.54) is 0 Å². The van der Waals surface area contributed by atoms with Crippen LogP contribution < -0.4 is 10.6 Å². The van der Waals surface area contributed by atoms with Gasteiger partial charge in [-0.1, -0.05) is 58.7 Å². The molecule has 0 aliphatic carbocycles. The predicted octanol–water partition coefficient (Wildman–Crippen LogP) is 9.45. The molecule has 0 saturated heterocycles. The summed E-state index contributed by atoms with van der Waals surface area (Å²) in [5.41, 5.74) is 3.47. The van der Waals surface area contributed by atoms with Crippen molar-refractivity contribution in [2.45, 2.75) is 111 Å². The molecule has 2 aromatic rings. The molecule has 0 aromatic heterocycles. The van der Waals surface area contributed by atoms with Gasteiger partial charge in [0.2, 0.25) is 0 Å². The number of amides is 2. The van der Waals surface area contributed by atoms with Crippen molar-refractivity contribution in [2.75, 3.05) is 0 Å². The van der Waals surface area contributed by atoms with Crippen LogP contribution in [0.15, 0.2) is 39.3 Å². The number of hydrogen-bond acceptors (Lipinski definition) is 5. The van der Waals surface area contributed by atoms with E-state index in [0.29, 0.717) is 6.61 Å². The minimum atomic E-state index is -1.90. The van der Waals surface area contributed by atoms with Gasteiger partial charge in [0.15, 0.2) is 8.32 Å². The van der Waals surface area contributed by atoms with Crippen LogP contribution in [0.2, 0.25) is 18.1 Å². The van der Waals surface area contributed by atoms with Gasteiger partial charge in [-0.15, -0.1) is 0 Å². The summed E-state index contributed by atoms with van der Waals surface area (Å²) in [5, 5.41) is 5.78. The number of nitrogens with one attached hydrogen (secondary N) is 2. The fraction of sp³-hybridized carbons (Fsp3) is 0.548. The average Bonchev–Trinajstić information content (AvgIpc) is 2.77. The Kier molecular flexibility index (Phi) is 11.7. The van der Waals surface area contributed by atoms with Crippen LogP contribution in [-0.4, -0.2) is 31.7 Å². The molecule has 0 atom stereocenters. The highest BCUT2D eigenvalue weighted by Crippen LogP contribution is 2.40. The van der Waals surface area contributed by atoms with Crippen molar-refractivity contribution in [3.63, 3.8) is 0 Å². The van der Waals surface area contributed by atoms with Crippen LogP contribution in [-0.2, 0) is 33.6 Å². The molecule has 2 amide bonds. The van der Waals surface area contributed by atoms with Gasteiger partial charge in [-0.2, -0.15) is 0 Å². The van der Waals surface area contributed by atoms with Crippen molar-refractivity contribution in [1.82, 2.24) is 10.6 Å². The Morgan fingerprint density at radius 2 is 1.12 bits per heavy atom. The summed E-state index contributed by atoms with van der Waals surface area (Å²) in [7, 11) is -1.90. The lowest BCUT2D eigenvalue weighted by Gasteiger charge is -2.36. The first-order valence-corrected chi connectivity index (χ1v) is 18.2. The van der Waals surface area contributed by atoms with E-state index < -0.39 is 31.7 Å². The van der Waals surface area contributed by atoms with Crippen LogP contribution >= 0.6 is 31.9 Å². The average molecular weight is 715 g/mol. The second-order valence-electron chi connectivity index (χ2n) is 13.7. The van der Waals surface area contributed by atoms with E-state index >= 15 is 0 Å². The molecule has 7 nitrogen and oxygen atoms in total. The van der Waals surface area contributed by atoms with Gasteiger partial charge in [0, 0.05) is 27.6 Å². The van der Waals surface area contributed by atoms with Crippen LogP contribution in [0.4, 0.5) is 9.59 Å². The van der Waals surface area contributed by atoms with Crippen LogP contribution in [0.3, 0.4) is 0 Å². The van der Waals surface area contributed by atoms with E-state index in [1.54, 1.807) is 0 Å². The highest BCUT2D eigenvalue weighted by atomic mass is 79.9. The molecule has 228 valence electrons. The van der Waals surface area contributed by atoms with Gasteiger partial charge in [0.05, 0.1) is 6.61 Å². The molecule has 0 saturated carbocycles. The molecule has 0 radical (unpaired) electrons. The quantitative estimate of drug-likeness (QED) is 0.266. The fourth-order valence-corrected chi connectivity index (χ4v) is 6.25. The van der Waals surface area contributed by atoms with Crippen molar-refractivity contribution in [2.24, 2.45) is 0 Å². The van der Waals surface area contributed by atoms with Gasteiger partial charge >= 0.3 is 12.2 Å². The molecule has 41 heavy (non-hydrogen) atoms. The Labute approximate surface area is 263 Å². The first-order valence-electron chi connectivity index (χ1n) is 13.8. The number of hydrogen-bond donors (Lipinski definition) is 2. The molecule has 2 N–H and O–H groups in total. The number of rotatable bonds is 8. The third-order valence-corrected chi connectivity index (χ3v) is 12.2. The Morgan fingerprint density at radius 3 is 1.49 bits per heavy atom. The van der Waals surface area contributed by atoms with Crippen LogP contribution in [0.1, 0.15) is 79.0 Å². The van der Waals surface area contributed by atoms with Gasteiger partial charge in [-0.3, -0.25) is 0 Å². The van der Waals surface area contributed by atoms with E-state index in [4.69, 9.17) is 13.9 Å². The number of halogens is 2. The summed E-state index contributed by atoms with van der Waals surface area (Å²) in [6.45, 7) is 23.2. The van der Waals surface area contributed by atoms with E-state index in [9.17, 15) is 9.59 Å². The molecule has 0 spiro atoms. The Balaban J connectivity index is 2.39. The third kappa shape index (κ3) is 11.7. The molecule has 2 rings (SSSR count). The standard InChI is InChI=1S/C31H46Br2N2O5Si/c1-29(2,3)39-27(36)34-17-20-12-21(18-35-28(37)40-30(4,5)6)14-23(13-20)26-24(32)15-22(16-25(26)33)19-38-41(10,11)31(7,8)9/h12-16H,17-19H2,1-11H3,(H,34,36)(H,35,37). The van der Waals surface area contributed by atoms with Gasteiger partial charge in [-0.25, -0.2) is 9.59 Å². The van der Waals surface area contributed by atoms with Crippen molar-refractivity contribution in [1.29, 1.82) is 0 Å². The minimum absolute atomic E-state index is 0.124. The zero-order valence-electron chi connectivity index (χ0n) is 26.3. The number of ether oxygens (including phenoxy) is 2. The zero-order chi connectivity index (χ0) is 31.4. The topological polar surface area (TPSA) is 85.9 Å². The normalized spacial score (nSPS) is 12.6. The van der Waals surface area contributed by atoms with Crippen LogP contribution in [0.25, 0.3) is 11.1 Å². The Hall–Kier alpha value is -1.88. The molecule has 0 unspecified atom stereocenters. The first-order chi connectivity index (χ1) is 18.6. The maximum absolute atomic E-state index is 12.3. The van der Waals surface area contributed by atoms with Crippen LogP contribution in [0.5, 0.6) is 0 Å². The lowest BCUT2D eigenvalue weighted by molar-refractivity contribution is 0.0513. The molecule has 0 bridgehead atoms. The van der Waals surface area contributed by atoms with E-state index in [-0.39, 0.29) is 18.1 Å². The zero-order valence-corrected chi connectivity index (χ0v) is 30.5. The van der Waals surface area contributed by atoms with Gasteiger partial charge < -0.3 is 24.5 Å². The van der Waals surface area contributed by atoms with Gasteiger partial charge in [0.25, 0.3) is 0 Å². The molecule has 0 aliphatic heterocycles. The third-order valence-electron chi connectivity index (χ3n) is 6.52. The molecule has 0 heterocycles. The van der Waals surface area contributed by atoms with Crippen LogP contribution in [0, 0.1) is 0 Å². The van der Waals surface area contributed by atoms with Gasteiger partial charge in [0.1, 0.15) is 11.2 Å². The van der Waals surface area contributed by atoms with Crippen molar-refractivity contribution in [3.8, 4) is 11.1 Å². The molecular formula is C31H46Br2N2O5Si. The summed E-state index contributed by atoms with van der Waals surface area (Å²) >= 11 is 7.56. The van der Waals surface area contributed by atoms with E-state index in [2.05, 4.69) is 88.5 Å². The summed E-state index contributed by atoms with van der Waals surface area (Å²) in [6.07, 6.45) is -0.991. The summed E-state index contributed by atoms with van der Waals surface area (Å²) in [5.74, 6) is 0. The SMILES string of the molecule is CC(C)(C)OC(=O)NCc1cc(CNC(=O)OC(C)(C)C)cc(-c2c(Br)cc(CO[Si](C)(C)C(C)(C)C)cc2Br)c1. The molecule has 0 aliphatic rings. The van der Waals surface area contributed by atoms with E-state index in [0.717, 1.165) is 36.8 Å². The number of benzene rings is 2. The second-order valence-corrected chi connectivity index (χ2v) is 20.3. The minimum Gasteiger partial charge on any atom is -0.444 e. The molecule has 0 fully saturated rings. The number of carbonyl (C=O) groups excluding carboxylic acids is 2. The highest BCUT2D eigenvalue weighted by molar-refractivity contribution is 9.11. The second kappa shape index (κ2) is 13.6. The van der Waals surface area contributed by atoms with E-state index in [1.807, 2.05) is 59.7 Å². The van der Waals surface area contributed by atoms with Gasteiger partial charge in [-0.05, 0) is 106 Å². The smallest absolute Gasteiger partial charge is 0.407 e. The molecule has 2 aromatic carbocycles. The predicted molar refractivity (Wildman–Crippen MR) is 175 cm³/mol. The lowest BCUT2D eigenvalue weighted by atomic mass is 9.98. The monoisotopic (exact) mass is 712 g/mol. The van der Waals surface area contributed by atoms with Crippen molar-refractivity contribution < 1.29 is 23.5 Å². The number of alkyl carbamates (subject to hydrolysis) is 2. The molecular weight excluding hydrogens is 668 g/mol. The van der Waals surface area contributed by atoms with Crippen molar-refractivity contribution >= 4 is 52.4 Å². The van der Waals surface area contributed by atoms with Crippen molar-refractivity contribution in [3.05, 3.63) is 56.0 Å². The lowest BCUT2D eigenvalue weighted by Crippen LogP contribution is -2.40.